The molecule has 170 valence electrons. The van der Waals surface area contributed by atoms with Crippen LogP contribution in [0.1, 0.15) is 18.6 Å². The quantitative estimate of drug-likeness (QED) is 0.242. The van der Waals surface area contributed by atoms with Crippen LogP contribution in [0.5, 0.6) is 0 Å². The Labute approximate surface area is 199 Å². The van der Waals surface area contributed by atoms with E-state index in [2.05, 4.69) is 24.9 Å². The molecule has 0 saturated carbocycles. The number of aromatic nitrogens is 1. The largest absolute Gasteiger partial charge is 0.367 e. The fourth-order valence-electron chi connectivity index (χ4n) is 3.27. The van der Waals surface area contributed by atoms with E-state index in [0.717, 1.165) is 5.56 Å². The number of pyridine rings is 1. The van der Waals surface area contributed by atoms with E-state index >= 15 is 0 Å². The number of aliphatic imine (C=N–C) groups is 1. The average molecular weight is 563 g/mol. The van der Waals surface area contributed by atoms with Crippen molar-refractivity contribution >= 4 is 40.0 Å². The highest BCUT2D eigenvalue weighted by atomic mass is 127. The highest BCUT2D eigenvalue weighted by molar-refractivity contribution is 14.0. The minimum Gasteiger partial charge on any atom is -0.367 e. The Kier molecular flexibility index (Phi) is 9.59. The predicted octanol–water partition coefficient (Wildman–Crippen LogP) is 2.15. The first-order valence-electron chi connectivity index (χ1n) is 9.65. The molecule has 2 atom stereocenters. The summed E-state index contributed by atoms with van der Waals surface area (Å²) < 4.78 is 46.3. The summed E-state index contributed by atoms with van der Waals surface area (Å²) in [4.78, 5) is 10.3. The number of rotatable bonds is 6. The van der Waals surface area contributed by atoms with Crippen molar-refractivity contribution in [1.82, 2.24) is 19.9 Å². The van der Waals surface area contributed by atoms with Crippen molar-refractivity contribution in [2.24, 2.45) is 4.99 Å². The lowest BCUT2D eigenvalue weighted by atomic mass is 10.1. The van der Waals surface area contributed by atoms with Crippen LogP contribution in [0.15, 0.2) is 58.7 Å². The van der Waals surface area contributed by atoms with E-state index in [1.54, 1.807) is 25.2 Å². The maximum absolute atomic E-state index is 13.2. The maximum Gasteiger partial charge on any atom is 0.242 e. The molecule has 0 spiro atoms. The van der Waals surface area contributed by atoms with Crippen LogP contribution in [-0.2, 0) is 14.8 Å². The average Bonchev–Trinajstić information content (AvgIpc) is 2.74. The van der Waals surface area contributed by atoms with Crippen molar-refractivity contribution < 1.29 is 17.5 Å². The minimum absolute atomic E-state index is 0. The molecule has 31 heavy (non-hydrogen) atoms. The summed E-state index contributed by atoms with van der Waals surface area (Å²) in [5.74, 6) is 0.364. The van der Waals surface area contributed by atoms with Crippen LogP contribution in [0.3, 0.4) is 0 Å². The van der Waals surface area contributed by atoms with Crippen LogP contribution in [0.25, 0.3) is 0 Å². The fraction of sp³-hybridized carbons (Fsp3) is 0.400. The molecule has 0 aliphatic carbocycles. The van der Waals surface area contributed by atoms with Gasteiger partial charge in [0.15, 0.2) is 5.96 Å². The highest BCUT2D eigenvalue weighted by Crippen LogP contribution is 2.25. The molecule has 1 aliphatic heterocycles. The Morgan fingerprint density at radius 3 is 2.65 bits per heavy atom. The smallest absolute Gasteiger partial charge is 0.242 e. The van der Waals surface area contributed by atoms with Crippen molar-refractivity contribution in [3.8, 4) is 0 Å². The lowest BCUT2D eigenvalue weighted by molar-refractivity contribution is -0.0604. The first-order valence-corrected chi connectivity index (χ1v) is 11.1. The van der Waals surface area contributed by atoms with Gasteiger partial charge in [-0.1, -0.05) is 12.1 Å². The van der Waals surface area contributed by atoms with Crippen molar-refractivity contribution in [3.05, 3.63) is 60.2 Å². The van der Waals surface area contributed by atoms with Gasteiger partial charge in [-0.05, 0) is 36.8 Å². The lowest BCUT2D eigenvalue weighted by Crippen LogP contribution is -2.51. The van der Waals surface area contributed by atoms with Gasteiger partial charge in [0.1, 0.15) is 16.8 Å². The standard InChI is InChI=1S/C20H26FN5O3S.HI/c1-15-13-26(14-19(29-15)16-5-7-17(21)8-6-16)20(22-2)24-10-11-25-30(27,28)18-4-3-9-23-12-18;/h3-9,12,15,19,25H,10-11,13-14H2,1-2H3,(H,22,24);1H. The third-order valence-electron chi connectivity index (χ3n) is 4.66. The molecule has 2 N–H and O–H groups in total. The number of benzene rings is 1. The summed E-state index contributed by atoms with van der Waals surface area (Å²) >= 11 is 0. The molecular weight excluding hydrogens is 536 g/mol. The third kappa shape index (κ3) is 7.09. The second-order valence-corrected chi connectivity index (χ2v) is 8.72. The predicted molar refractivity (Wildman–Crippen MR) is 127 cm³/mol. The van der Waals surface area contributed by atoms with Gasteiger partial charge in [-0.3, -0.25) is 9.98 Å². The number of morpholine rings is 1. The van der Waals surface area contributed by atoms with Gasteiger partial charge in [0.2, 0.25) is 10.0 Å². The summed E-state index contributed by atoms with van der Waals surface area (Å²) in [5, 5.41) is 3.18. The molecule has 1 aromatic heterocycles. The van der Waals surface area contributed by atoms with Gasteiger partial charge in [0.05, 0.1) is 12.6 Å². The molecule has 0 amide bonds. The Hall–Kier alpha value is -1.83. The summed E-state index contributed by atoms with van der Waals surface area (Å²) in [7, 11) is -1.93. The highest BCUT2D eigenvalue weighted by Gasteiger charge is 2.28. The second-order valence-electron chi connectivity index (χ2n) is 6.95. The number of guanidine groups is 1. The van der Waals surface area contributed by atoms with Gasteiger partial charge in [-0.15, -0.1) is 24.0 Å². The summed E-state index contributed by atoms with van der Waals surface area (Å²) in [6.07, 6.45) is 2.57. The molecule has 0 bridgehead atoms. The molecule has 2 aromatic rings. The molecule has 1 saturated heterocycles. The van der Waals surface area contributed by atoms with Gasteiger partial charge in [-0.25, -0.2) is 17.5 Å². The number of nitrogens with one attached hydrogen (secondary N) is 2. The van der Waals surface area contributed by atoms with Crippen LogP contribution in [0.2, 0.25) is 0 Å². The van der Waals surface area contributed by atoms with E-state index in [-0.39, 0.29) is 53.4 Å². The van der Waals surface area contributed by atoms with E-state index < -0.39 is 10.0 Å². The lowest BCUT2D eigenvalue weighted by Gasteiger charge is -2.38. The zero-order chi connectivity index (χ0) is 21.6. The van der Waals surface area contributed by atoms with Crippen molar-refractivity contribution in [2.75, 3.05) is 33.2 Å². The first kappa shape index (κ1) is 25.4. The zero-order valence-corrected chi connectivity index (χ0v) is 20.5. The SMILES string of the molecule is CN=C(NCCNS(=O)(=O)c1cccnc1)N1CC(C)OC(c2ccc(F)cc2)C1.I. The molecule has 2 unspecified atom stereocenters. The van der Waals surface area contributed by atoms with Crippen molar-refractivity contribution in [3.63, 3.8) is 0 Å². The number of hydrogen-bond acceptors (Lipinski definition) is 5. The Bertz CT molecular complexity index is 961. The fourth-order valence-corrected chi connectivity index (χ4v) is 4.26. The topological polar surface area (TPSA) is 95.9 Å². The Morgan fingerprint density at radius 2 is 2.00 bits per heavy atom. The molecule has 1 fully saturated rings. The molecule has 11 heteroatoms. The Balaban J connectivity index is 0.00000341. The van der Waals surface area contributed by atoms with Crippen LogP contribution >= 0.6 is 24.0 Å². The van der Waals surface area contributed by atoms with Gasteiger partial charge in [0, 0.05) is 39.1 Å². The van der Waals surface area contributed by atoms with E-state index in [1.807, 2.05) is 6.92 Å². The second kappa shape index (κ2) is 11.7. The summed E-state index contributed by atoms with van der Waals surface area (Å²) in [6.45, 7) is 3.71. The number of sulfonamides is 1. The molecule has 3 rings (SSSR count). The monoisotopic (exact) mass is 563 g/mol. The van der Waals surface area contributed by atoms with Crippen LogP contribution in [-0.4, -0.2) is 63.6 Å². The molecule has 8 nitrogen and oxygen atoms in total. The van der Waals surface area contributed by atoms with Crippen molar-refractivity contribution in [1.29, 1.82) is 0 Å². The first-order chi connectivity index (χ1) is 14.4. The third-order valence-corrected chi connectivity index (χ3v) is 6.10. The van der Waals surface area contributed by atoms with Crippen LogP contribution < -0.4 is 10.0 Å². The molecule has 0 radical (unpaired) electrons. The Morgan fingerprint density at radius 1 is 1.26 bits per heavy atom. The van der Waals surface area contributed by atoms with E-state index in [1.165, 1.54) is 30.6 Å². The normalized spacial score (nSPS) is 19.6. The van der Waals surface area contributed by atoms with Gasteiger partial charge in [-0.2, -0.15) is 0 Å². The maximum atomic E-state index is 13.2. The van der Waals surface area contributed by atoms with E-state index in [9.17, 15) is 12.8 Å². The van der Waals surface area contributed by atoms with Crippen LogP contribution in [0.4, 0.5) is 4.39 Å². The van der Waals surface area contributed by atoms with E-state index in [4.69, 9.17) is 4.74 Å². The van der Waals surface area contributed by atoms with Gasteiger partial charge >= 0.3 is 0 Å². The number of halogens is 2. The minimum atomic E-state index is -3.60. The molecule has 2 heterocycles. The zero-order valence-electron chi connectivity index (χ0n) is 17.4. The molecule has 1 aliphatic rings. The van der Waals surface area contributed by atoms with E-state index in [0.29, 0.717) is 25.6 Å². The van der Waals surface area contributed by atoms with Crippen molar-refractivity contribution in [2.45, 2.75) is 24.0 Å². The van der Waals surface area contributed by atoms with Gasteiger partial charge < -0.3 is 15.0 Å². The summed E-state index contributed by atoms with van der Waals surface area (Å²) in [6, 6.07) is 9.35. The number of ether oxygens (including phenoxy) is 1. The molecular formula is C20H27FIN5O3S. The molecule has 1 aromatic carbocycles. The van der Waals surface area contributed by atoms with Crippen LogP contribution in [0, 0.1) is 5.82 Å². The summed E-state index contributed by atoms with van der Waals surface area (Å²) in [5.41, 5.74) is 0.896. The number of nitrogens with zero attached hydrogens (tertiary/aromatic N) is 3. The van der Waals surface area contributed by atoms with Gasteiger partial charge in [0.25, 0.3) is 0 Å². The number of hydrogen-bond donors (Lipinski definition) is 2.